The second kappa shape index (κ2) is 13.5. The molecule has 0 aliphatic rings. The van der Waals surface area contributed by atoms with E-state index in [0.29, 0.717) is 19.1 Å². The number of carbonyl (C=O) groups is 4. The number of ether oxygens (including phenoxy) is 1. The van der Waals surface area contributed by atoms with Gasteiger partial charge < -0.3 is 25.7 Å². The Kier molecular flexibility index (Phi) is 11.4. The first-order valence-corrected chi connectivity index (χ1v) is 11.0. The van der Waals surface area contributed by atoms with E-state index in [9.17, 15) is 19.2 Å². The third-order valence-corrected chi connectivity index (χ3v) is 4.52. The van der Waals surface area contributed by atoms with E-state index in [0.717, 1.165) is 5.56 Å². The summed E-state index contributed by atoms with van der Waals surface area (Å²) < 4.78 is 5.39. The highest BCUT2D eigenvalue weighted by Crippen LogP contribution is 2.12. The largest absolute Gasteiger partial charge is 0.458 e. The van der Waals surface area contributed by atoms with Gasteiger partial charge in [0.2, 0.25) is 11.8 Å². The predicted molar refractivity (Wildman–Crippen MR) is 126 cm³/mol. The zero-order valence-electron chi connectivity index (χ0n) is 20.1. The molecule has 0 aliphatic heterocycles. The van der Waals surface area contributed by atoms with Crippen LogP contribution in [0.15, 0.2) is 30.3 Å². The van der Waals surface area contributed by atoms with Crippen molar-refractivity contribution in [2.75, 3.05) is 20.6 Å². The Morgan fingerprint density at radius 3 is 2.21 bits per heavy atom. The molecule has 9 heteroatoms. The number of nitrogens with zero attached hydrogens (tertiary/aromatic N) is 1. The fourth-order valence-corrected chi connectivity index (χ4v) is 3.00. The molecule has 0 saturated heterocycles. The van der Waals surface area contributed by atoms with E-state index in [1.165, 1.54) is 0 Å². The van der Waals surface area contributed by atoms with Crippen LogP contribution in [0.4, 0.5) is 0 Å². The summed E-state index contributed by atoms with van der Waals surface area (Å²) in [5, 5.41) is 12.4. The lowest BCUT2D eigenvalue weighted by Gasteiger charge is -2.26. The number of hydrogen-bond donors (Lipinski definition) is 3. The van der Waals surface area contributed by atoms with Crippen LogP contribution in [-0.4, -0.2) is 73.0 Å². The van der Waals surface area contributed by atoms with Gasteiger partial charge in [-0.05, 0) is 59.7 Å². The normalized spacial score (nSPS) is 13.0. The molecule has 182 valence electrons. The predicted octanol–water partition coefficient (Wildman–Crippen LogP) is 1.49. The highest BCUT2D eigenvalue weighted by Gasteiger charge is 2.30. The molecule has 0 heterocycles. The van der Waals surface area contributed by atoms with E-state index >= 15 is 0 Å². The highest BCUT2D eigenvalue weighted by molar-refractivity contribution is 6.26. The minimum absolute atomic E-state index is 0.00802. The van der Waals surface area contributed by atoms with Gasteiger partial charge in [-0.15, -0.1) is 0 Å². The minimum atomic E-state index is -1.08. The van der Waals surface area contributed by atoms with Crippen LogP contribution in [0.1, 0.15) is 45.6 Å². The molecule has 0 spiro atoms. The van der Waals surface area contributed by atoms with Crippen molar-refractivity contribution in [2.45, 2.75) is 64.1 Å². The standard InChI is InChI=1S/C24H36N4O5/c1-24(2,3)33-23(32)20(14-12-18(29)15-25)27-22(31)19(26-21(30)16-28(4)5)13-11-17-9-7-6-8-10-17/h6-10,15,19-20,25H,11-14,16H2,1-5H3,(H,26,30)(H,27,31)/t19-,20-/m0/s1. The molecule has 0 aliphatic carbocycles. The third-order valence-electron chi connectivity index (χ3n) is 4.52. The summed E-state index contributed by atoms with van der Waals surface area (Å²) in [5.41, 5.74) is 0.232. The van der Waals surface area contributed by atoms with Crippen molar-refractivity contribution in [1.82, 2.24) is 15.5 Å². The van der Waals surface area contributed by atoms with Crippen molar-refractivity contribution in [3.63, 3.8) is 0 Å². The van der Waals surface area contributed by atoms with Gasteiger partial charge in [0.05, 0.1) is 12.8 Å². The fraction of sp³-hybridized carbons (Fsp3) is 0.542. The summed E-state index contributed by atoms with van der Waals surface area (Å²) in [6.07, 6.45) is 1.46. The number of nitrogens with one attached hydrogen (secondary N) is 3. The Bertz CT molecular complexity index is 818. The molecule has 33 heavy (non-hydrogen) atoms. The van der Waals surface area contributed by atoms with E-state index in [1.807, 2.05) is 30.3 Å². The van der Waals surface area contributed by atoms with Gasteiger partial charge in [-0.2, -0.15) is 0 Å². The summed E-state index contributed by atoms with van der Waals surface area (Å²) in [6, 6.07) is 7.60. The maximum Gasteiger partial charge on any atom is 0.329 e. The van der Waals surface area contributed by atoms with Crippen LogP contribution in [0.25, 0.3) is 0 Å². The molecule has 3 N–H and O–H groups in total. The molecule has 0 unspecified atom stereocenters. The number of amides is 2. The molecular formula is C24H36N4O5. The van der Waals surface area contributed by atoms with Crippen molar-refractivity contribution in [3.8, 4) is 0 Å². The first kappa shape index (κ1) is 28.0. The zero-order valence-corrected chi connectivity index (χ0v) is 20.1. The van der Waals surface area contributed by atoms with Crippen LogP contribution in [0.3, 0.4) is 0 Å². The summed E-state index contributed by atoms with van der Waals surface area (Å²) in [4.78, 5) is 51.4. The van der Waals surface area contributed by atoms with Crippen LogP contribution in [0.2, 0.25) is 0 Å². The second-order valence-electron chi connectivity index (χ2n) is 9.13. The van der Waals surface area contributed by atoms with E-state index in [2.05, 4.69) is 10.6 Å². The lowest BCUT2D eigenvalue weighted by molar-refractivity contribution is -0.159. The Morgan fingerprint density at radius 1 is 1.03 bits per heavy atom. The SMILES string of the molecule is CN(C)CC(=O)N[C@@H](CCc1ccccc1)C(=O)N[C@@H](CCC(=O)C=N)C(=O)OC(C)(C)C. The molecule has 1 aromatic rings. The van der Waals surface area contributed by atoms with Crippen LogP contribution in [0.5, 0.6) is 0 Å². The summed E-state index contributed by atoms with van der Waals surface area (Å²) in [5.74, 6) is -1.98. The van der Waals surface area contributed by atoms with Crippen LogP contribution < -0.4 is 10.6 Å². The number of ketones is 1. The van der Waals surface area contributed by atoms with Gasteiger partial charge in [-0.3, -0.25) is 14.4 Å². The Balaban J connectivity index is 2.99. The van der Waals surface area contributed by atoms with Gasteiger partial charge in [0.15, 0.2) is 5.78 Å². The molecule has 1 aromatic carbocycles. The molecule has 2 amide bonds. The minimum Gasteiger partial charge on any atom is -0.458 e. The quantitative estimate of drug-likeness (QED) is 0.302. The van der Waals surface area contributed by atoms with Gasteiger partial charge in [-0.25, -0.2) is 4.79 Å². The van der Waals surface area contributed by atoms with Gasteiger partial charge >= 0.3 is 5.97 Å². The van der Waals surface area contributed by atoms with E-state index < -0.39 is 35.3 Å². The number of aryl methyl sites for hydroxylation is 1. The molecule has 1 rings (SSSR count). The molecule has 0 fully saturated rings. The Morgan fingerprint density at radius 2 is 1.67 bits per heavy atom. The number of esters is 1. The van der Waals surface area contributed by atoms with Crippen molar-refractivity contribution in [3.05, 3.63) is 35.9 Å². The van der Waals surface area contributed by atoms with E-state index in [-0.39, 0.29) is 25.3 Å². The molecule has 0 radical (unpaired) electrons. The summed E-state index contributed by atoms with van der Waals surface area (Å²) in [6.45, 7) is 5.22. The Hall–Kier alpha value is -3.07. The average molecular weight is 461 g/mol. The maximum absolute atomic E-state index is 13.1. The smallest absolute Gasteiger partial charge is 0.329 e. The summed E-state index contributed by atoms with van der Waals surface area (Å²) in [7, 11) is 3.50. The van der Waals surface area contributed by atoms with Gasteiger partial charge in [0.25, 0.3) is 0 Å². The number of hydrogen-bond acceptors (Lipinski definition) is 7. The molecule has 2 atom stereocenters. The van der Waals surface area contributed by atoms with Gasteiger partial charge in [-0.1, -0.05) is 30.3 Å². The monoisotopic (exact) mass is 460 g/mol. The van der Waals surface area contributed by atoms with Gasteiger partial charge in [0, 0.05) is 6.42 Å². The highest BCUT2D eigenvalue weighted by atomic mass is 16.6. The summed E-state index contributed by atoms with van der Waals surface area (Å²) >= 11 is 0. The zero-order chi connectivity index (χ0) is 25.0. The number of carbonyl (C=O) groups excluding carboxylic acids is 4. The molecule has 9 nitrogen and oxygen atoms in total. The van der Waals surface area contributed by atoms with Crippen molar-refractivity contribution in [2.24, 2.45) is 0 Å². The molecule has 0 saturated carbocycles. The maximum atomic E-state index is 13.1. The van der Waals surface area contributed by atoms with Crippen molar-refractivity contribution < 1.29 is 23.9 Å². The van der Waals surface area contributed by atoms with Crippen molar-refractivity contribution >= 4 is 29.8 Å². The first-order chi connectivity index (χ1) is 15.4. The molecule has 0 bridgehead atoms. The molecule has 0 aromatic heterocycles. The fourth-order valence-electron chi connectivity index (χ4n) is 3.00. The van der Waals surface area contributed by atoms with Gasteiger partial charge in [0.1, 0.15) is 17.7 Å². The lowest BCUT2D eigenvalue weighted by Crippen LogP contribution is -2.53. The number of benzene rings is 1. The van der Waals surface area contributed by atoms with Crippen molar-refractivity contribution in [1.29, 1.82) is 5.41 Å². The third kappa shape index (κ3) is 11.9. The second-order valence-corrected chi connectivity index (χ2v) is 9.13. The van der Waals surface area contributed by atoms with Crippen LogP contribution >= 0.6 is 0 Å². The number of Topliss-reactive ketones (excluding diaryl/α,β-unsaturated/α-hetero) is 1. The van der Waals surface area contributed by atoms with Crippen LogP contribution in [-0.2, 0) is 30.3 Å². The number of likely N-dealkylation sites (N-methyl/N-ethyl adjacent to an activating group) is 1. The van der Waals surface area contributed by atoms with Crippen LogP contribution in [0, 0.1) is 5.41 Å². The van der Waals surface area contributed by atoms with E-state index in [1.54, 1.807) is 39.8 Å². The van der Waals surface area contributed by atoms with E-state index in [4.69, 9.17) is 10.1 Å². The average Bonchev–Trinajstić information content (AvgIpc) is 2.72. The Labute approximate surface area is 195 Å². The topological polar surface area (TPSA) is 129 Å². The number of rotatable bonds is 13. The first-order valence-electron chi connectivity index (χ1n) is 11.0. The lowest BCUT2D eigenvalue weighted by atomic mass is 10.0. The molecular weight excluding hydrogens is 424 g/mol.